The summed E-state index contributed by atoms with van der Waals surface area (Å²) in [6.07, 6.45) is 0. The minimum absolute atomic E-state index is 0.630. The average Bonchev–Trinajstić information content (AvgIpc) is 1.67. The number of ether oxygens (including phenoxy) is 2. The van der Waals surface area contributed by atoms with Gasteiger partial charge in [0.25, 0.3) is 0 Å². The highest BCUT2D eigenvalue weighted by Crippen LogP contribution is 2.64. The molecule has 7 nitrogen and oxygen atoms in total. The number of para-hydroxylation sites is 11. The zero-order valence-electron chi connectivity index (χ0n) is 61.2. The van der Waals surface area contributed by atoms with E-state index >= 15 is 0 Å². The maximum atomic E-state index is 7.14. The SMILES string of the molecule is c1ccc(-c2ccc(N(c3ccc(-c4ccccc4)cc3)c3ccc(-c4cccc5c4Oc4ccccc4C54c5ccccc5-n5c6ccccc6c6cccc4c65)cc3)cc2)cc1.c1ccc(-c2nc(-c3cccc4c3Oc3ccccc3C43c4ccccc4-n4c5ccccc5c5cccc3c54)nc3ccccc23)cc1. The van der Waals surface area contributed by atoms with Gasteiger partial charge in [0.2, 0.25) is 0 Å². The third kappa shape index (κ3) is 9.49. The molecular formula is C106H67N5O2. The lowest BCUT2D eigenvalue weighted by atomic mass is 9.61. The van der Waals surface area contributed by atoms with Gasteiger partial charge in [0, 0.05) is 77.4 Å². The smallest absolute Gasteiger partial charge is 0.164 e. The maximum absolute atomic E-state index is 7.14. The second-order valence-corrected chi connectivity index (χ2v) is 29.7. The summed E-state index contributed by atoms with van der Waals surface area (Å²) in [4.78, 5) is 12.8. The molecule has 2 atom stereocenters. The Morgan fingerprint density at radius 3 is 1.10 bits per heavy atom. The van der Waals surface area contributed by atoms with Crippen LogP contribution in [-0.2, 0) is 10.8 Å². The fourth-order valence-corrected chi connectivity index (χ4v) is 19.2. The third-order valence-electron chi connectivity index (χ3n) is 23.9. The first-order chi connectivity index (χ1) is 56.1. The molecular weight excluding hydrogens is 1380 g/mol. The normalized spacial score (nSPS) is 14.9. The van der Waals surface area contributed by atoms with Crippen molar-refractivity contribution in [2.24, 2.45) is 0 Å². The van der Waals surface area contributed by atoms with Gasteiger partial charge in [-0.3, -0.25) is 0 Å². The van der Waals surface area contributed by atoms with Gasteiger partial charge in [-0.1, -0.05) is 322 Å². The van der Waals surface area contributed by atoms with Crippen molar-refractivity contribution in [3.63, 3.8) is 0 Å². The van der Waals surface area contributed by atoms with Gasteiger partial charge in [-0.2, -0.15) is 0 Å². The van der Waals surface area contributed by atoms with Crippen LogP contribution in [0.1, 0.15) is 44.5 Å². The average molecular weight is 1440 g/mol. The van der Waals surface area contributed by atoms with Gasteiger partial charge >= 0.3 is 0 Å². The van der Waals surface area contributed by atoms with E-state index in [1.54, 1.807) is 0 Å². The third-order valence-corrected chi connectivity index (χ3v) is 23.9. The van der Waals surface area contributed by atoms with Crippen molar-refractivity contribution in [3.05, 3.63) is 451 Å². The number of hydrogen-bond donors (Lipinski definition) is 0. The summed E-state index contributed by atoms with van der Waals surface area (Å²) >= 11 is 0. The Bertz CT molecular complexity index is 7150. The predicted octanol–water partition coefficient (Wildman–Crippen LogP) is 26.9. The lowest BCUT2D eigenvalue weighted by Crippen LogP contribution is -2.38. The molecule has 2 unspecified atom stereocenters. The number of anilines is 3. The highest BCUT2D eigenvalue weighted by atomic mass is 16.5. The summed E-state index contributed by atoms with van der Waals surface area (Å²) in [6.45, 7) is 0. The Hall–Kier alpha value is -14.9. The van der Waals surface area contributed by atoms with Crippen LogP contribution in [-0.4, -0.2) is 19.1 Å². The molecule has 20 aromatic rings. The van der Waals surface area contributed by atoms with Crippen LogP contribution in [0.3, 0.4) is 0 Å². The second kappa shape index (κ2) is 25.3. The van der Waals surface area contributed by atoms with Crippen molar-refractivity contribution in [2.75, 3.05) is 4.90 Å². The van der Waals surface area contributed by atoms with Crippen LogP contribution in [0.15, 0.2) is 406 Å². The van der Waals surface area contributed by atoms with Crippen LogP contribution in [0, 0.1) is 0 Å². The molecule has 3 aromatic heterocycles. The van der Waals surface area contributed by atoms with Crippen molar-refractivity contribution in [3.8, 4) is 90.4 Å². The molecule has 0 fully saturated rings. The van der Waals surface area contributed by atoms with Gasteiger partial charge in [0.15, 0.2) is 5.82 Å². The quantitative estimate of drug-likeness (QED) is 0.152. The van der Waals surface area contributed by atoms with Crippen LogP contribution >= 0.6 is 0 Å². The Balaban J connectivity index is 0.000000139. The second-order valence-electron chi connectivity index (χ2n) is 29.7. The van der Waals surface area contributed by atoms with Crippen molar-refractivity contribution in [1.29, 1.82) is 0 Å². The van der Waals surface area contributed by atoms with E-state index in [0.717, 1.165) is 101 Å². The molecule has 113 heavy (non-hydrogen) atoms. The van der Waals surface area contributed by atoms with Crippen molar-refractivity contribution in [2.45, 2.75) is 10.8 Å². The standard InChI is InChI=1S/C61H40N2O.C45H27N3O/c1-3-15-41(16-4-1)43-29-35-46(36-30-43)62(47-37-31-44(32-38-47)42-17-5-2-6-18-42)48-39-33-45(34-40-48)49-20-13-25-55-60(49)64-58-28-12-9-23-53(58)61(55)52-22-8-11-27-57(52)63-56-26-10-7-19-50(56)51-21-14-24-54(61)59(51)63;1-2-14-28(15-3-1)41-31-17-4-8-24-37(31)46-44(47-41)32-19-13-23-36-43(32)49-40-27-11-7-21-34(40)45(36)33-20-6-10-26-39(33)48-38-25-9-5-16-29(38)30-18-12-22-35(45)42(30)48/h1-40H;1-27H. The van der Waals surface area contributed by atoms with E-state index in [9.17, 15) is 0 Å². The molecule has 0 N–H and O–H groups in total. The number of rotatable bonds is 8. The van der Waals surface area contributed by atoms with E-state index in [1.165, 1.54) is 99.5 Å². The van der Waals surface area contributed by atoms with E-state index in [-0.39, 0.29) is 0 Å². The van der Waals surface area contributed by atoms with Gasteiger partial charge in [0.1, 0.15) is 23.0 Å². The van der Waals surface area contributed by atoms with E-state index in [2.05, 4.69) is 402 Å². The molecule has 7 heterocycles. The first-order valence-corrected chi connectivity index (χ1v) is 38.7. The van der Waals surface area contributed by atoms with Crippen LogP contribution in [0.5, 0.6) is 23.0 Å². The fourth-order valence-electron chi connectivity index (χ4n) is 19.2. The van der Waals surface area contributed by atoms with Crippen LogP contribution in [0.4, 0.5) is 17.1 Å². The molecule has 528 valence electrons. The van der Waals surface area contributed by atoms with E-state index in [1.807, 2.05) is 18.2 Å². The number of hydrogen-bond acceptors (Lipinski definition) is 5. The van der Waals surface area contributed by atoms with E-state index in [0.29, 0.717) is 5.82 Å². The zero-order chi connectivity index (χ0) is 74.3. The first-order valence-electron chi connectivity index (χ1n) is 38.7. The highest BCUT2D eigenvalue weighted by molar-refractivity contribution is 6.14. The number of fused-ring (bicyclic) bond motifs is 23. The maximum Gasteiger partial charge on any atom is 0.164 e. The zero-order valence-corrected chi connectivity index (χ0v) is 61.2. The fraction of sp³-hybridized carbons (Fsp3) is 0.0189. The largest absolute Gasteiger partial charge is 0.456 e. The molecule has 0 amide bonds. The van der Waals surface area contributed by atoms with Gasteiger partial charge in [-0.05, 0) is 135 Å². The van der Waals surface area contributed by atoms with Crippen LogP contribution in [0.25, 0.3) is 122 Å². The Kier molecular flexibility index (Phi) is 14.4. The molecule has 2 spiro atoms. The molecule has 0 saturated carbocycles. The highest BCUT2D eigenvalue weighted by Gasteiger charge is 2.53. The number of aromatic nitrogens is 4. The summed E-state index contributed by atoms with van der Waals surface area (Å²) in [5.41, 5.74) is 29.3. The molecule has 4 aliphatic heterocycles. The number of benzene rings is 17. The molecule has 24 rings (SSSR count). The summed E-state index contributed by atoms with van der Waals surface area (Å²) in [5.74, 6) is 4.02. The van der Waals surface area contributed by atoms with Crippen molar-refractivity contribution >= 4 is 71.6 Å². The van der Waals surface area contributed by atoms with Gasteiger partial charge in [0.05, 0.1) is 61.0 Å². The topological polar surface area (TPSA) is 57.3 Å². The number of nitrogens with zero attached hydrogens (tertiary/aromatic N) is 5. The Morgan fingerprint density at radius 1 is 0.239 bits per heavy atom. The summed E-state index contributed by atoms with van der Waals surface area (Å²) in [7, 11) is 0. The molecule has 0 saturated heterocycles. The predicted molar refractivity (Wildman–Crippen MR) is 460 cm³/mol. The monoisotopic (exact) mass is 1440 g/mol. The molecule has 0 bridgehead atoms. The summed E-state index contributed by atoms with van der Waals surface area (Å²) in [6, 6.07) is 146. The molecule has 0 radical (unpaired) electrons. The van der Waals surface area contributed by atoms with Crippen molar-refractivity contribution in [1.82, 2.24) is 19.1 Å². The molecule has 7 heteroatoms. The lowest BCUT2D eigenvalue weighted by Gasteiger charge is -2.45. The molecule has 17 aromatic carbocycles. The summed E-state index contributed by atoms with van der Waals surface area (Å²) in [5, 5.41) is 6.03. The van der Waals surface area contributed by atoms with Gasteiger partial charge in [-0.15, -0.1) is 0 Å². The summed E-state index contributed by atoms with van der Waals surface area (Å²) < 4.78 is 19.1. The Morgan fingerprint density at radius 2 is 0.593 bits per heavy atom. The van der Waals surface area contributed by atoms with Crippen LogP contribution in [0.2, 0.25) is 0 Å². The minimum atomic E-state index is -0.653. The van der Waals surface area contributed by atoms with Crippen LogP contribution < -0.4 is 14.4 Å². The van der Waals surface area contributed by atoms with Gasteiger partial charge < -0.3 is 23.5 Å². The van der Waals surface area contributed by atoms with E-state index < -0.39 is 10.8 Å². The van der Waals surface area contributed by atoms with Gasteiger partial charge in [-0.25, -0.2) is 9.97 Å². The lowest BCUT2D eigenvalue weighted by molar-refractivity contribution is 0.435. The Labute approximate surface area is 653 Å². The first kappa shape index (κ1) is 64.1. The van der Waals surface area contributed by atoms with Crippen molar-refractivity contribution < 1.29 is 9.47 Å². The van der Waals surface area contributed by atoms with E-state index in [4.69, 9.17) is 19.4 Å². The molecule has 4 aliphatic rings. The molecule has 0 aliphatic carbocycles. The minimum Gasteiger partial charge on any atom is -0.456 e.